The van der Waals surface area contributed by atoms with Crippen LogP contribution in [0.25, 0.3) is 10.8 Å². The van der Waals surface area contributed by atoms with E-state index in [-0.39, 0.29) is 5.39 Å². The van der Waals surface area contributed by atoms with Crippen LogP contribution in [0, 0.1) is 0 Å². The van der Waals surface area contributed by atoms with Gasteiger partial charge in [0.15, 0.2) is 0 Å². The van der Waals surface area contributed by atoms with Crippen LogP contribution >= 0.6 is 23.2 Å². The van der Waals surface area contributed by atoms with Crippen LogP contribution in [-0.2, 0) is 0 Å². The van der Waals surface area contributed by atoms with E-state index in [2.05, 4.69) is 0 Å². The van der Waals surface area contributed by atoms with Gasteiger partial charge in [-0.3, -0.25) is 0 Å². The van der Waals surface area contributed by atoms with Gasteiger partial charge in [0.2, 0.25) is 0 Å². The van der Waals surface area contributed by atoms with Gasteiger partial charge in [-0.2, -0.15) is 0 Å². The largest absolute Gasteiger partial charge is 0.478 e. The van der Waals surface area contributed by atoms with Crippen molar-refractivity contribution in [1.82, 2.24) is 0 Å². The second kappa shape index (κ2) is 5.99. The summed E-state index contributed by atoms with van der Waals surface area (Å²) in [5, 5.41) is 34.8. The van der Waals surface area contributed by atoms with E-state index in [0.29, 0.717) is 0 Å². The van der Waals surface area contributed by atoms with Crippen LogP contribution in [0.1, 0.15) is 41.4 Å². The molecule has 10 heteroatoms. The van der Waals surface area contributed by atoms with Crippen molar-refractivity contribution in [2.75, 3.05) is 0 Å². The second-order valence-corrected chi connectivity index (χ2v) is 5.27. The lowest BCUT2D eigenvalue weighted by Gasteiger charge is -2.15. The van der Waals surface area contributed by atoms with Gasteiger partial charge in [0.1, 0.15) is 0 Å². The van der Waals surface area contributed by atoms with Crippen molar-refractivity contribution >= 4 is 57.9 Å². The maximum atomic E-state index is 11.5. The Hall–Kier alpha value is -2.84. The molecule has 0 aliphatic heterocycles. The molecule has 0 bridgehead atoms. The first-order valence-corrected chi connectivity index (χ1v) is 6.76. The molecule has 0 saturated carbocycles. The molecule has 0 aliphatic carbocycles. The van der Waals surface area contributed by atoms with E-state index in [4.69, 9.17) is 28.3 Å². The first kappa shape index (κ1) is 17.5. The van der Waals surface area contributed by atoms with Crippen LogP contribution < -0.4 is 0 Å². The molecule has 2 aromatic rings. The van der Waals surface area contributed by atoms with Gasteiger partial charge in [-0.05, 0) is 11.5 Å². The third kappa shape index (κ3) is 2.51. The summed E-state index contributed by atoms with van der Waals surface area (Å²) >= 11 is 11.6. The first-order valence-electron chi connectivity index (χ1n) is 6.00. The number of rotatable bonds is 4. The quantitative estimate of drug-likeness (QED) is 0.639. The van der Waals surface area contributed by atoms with Crippen LogP contribution in [0.15, 0.2) is 12.1 Å². The number of hydrogen-bond acceptors (Lipinski definition) is 4. The monoisotopic (exact) mass is 372 g/mol. The third-order valence-electron chi connectivity index (χ3n) is 3.23. The summed E-state index contributed by atoms with van der Waals surface area (Å²) in [5.41, 5.74) is -3.02. The average Bonchev–Trinajstić information content (AvgIpc) is 2.46. The highest BCUT2D eigenvalue weighted by molar-refractivity contribution is 6.47. The fourth-order valence-electron chi connectivity index (χ4n) is 2.33. The van der Waals surface area contributed by atoms with Crippen LogP contribution in [0.2, 0.25) is 10.0 Å². The first-order chi connectivity index (χ1) is 11.1. The van der Waals surface area contributed by atoms with Crippen molar-refractivity contribution in [2.24, 2.45) is 0 Å². The summed E-state index contributed by atoms with van der Waals surface area (Å²) in [6.45, 7) is 0. The van der Waals surface area contributed by atoms with Crippen LogP contribution in [0.5, 0.6) is 0 Å². The molecule has 0 fully saturated rings. The van der Waals surface area contributed by atoms with Gasteiger partial charge in [0.05, 0.1) is 32.3 Å². The Balaban J connectivity index is 3.29. The number of aromatic carboxylic acids is 4. The highest BCUT2D eigenvalue weighted by Gasteiger charge is 2.30. The Labute approximate surface area is 142 Å². The van der Waals surface area contributed by atoms with Gasteiger partial charge in [-0.1, -0.05) is 29.3 Å². The van der Waals surface area contributed by atoms with Crippen LogP contribution in [0.3, 0.4) is 0 Å². The van der Waals surface area contributed by atoms with Gasteiger partial charge < -0.3 is 20.4 Å². The lowest BCUT2D eigenvalue weighted by molar-refractivity contribution is 0.0652. The Morgan fingerprint density at radius 1 is 0.667 bits per heavy atom. The van der Waals surface area contributed by atoms with E-state index >= 15 is 0 Å². The molecule has 0 aliphatic rings. The number of fused-ring (bicyclic) bond motifs is 1. The molecule has 0 spiro atoms. The molecule has 24 heavy (non-hydrogen) atoms. The molecule has 0 radical (unpaired) electrons. The van der Waals surface area contributed by atoms with E-state index in [0.717, 1.165) is 12.1 Å². The highest BCUT2D eigenvalue weighted by atomic mass is 35.5. The summed E-state index contributed by atoms with van der Waals surface area (Å²) < 4.78 is 0. The standard InChI is InChI=1S/C14H6Cl2O8/c15-9-7(13(21)22)3-1-2-4(11(17)18)6(12(19)20)5(3)8(10(9)16)14(23)24/h1-2H,(H,17,18)(H,19,20)(H,21,22)(H,23,24). The lowest BCUT2D eigenvalue weighted by Crippen LogP contribution is -2.14. The fourth-order valence-corrected chi connectivity index (χ4v) is 2.88. The van der Waals surface area contributed by atoms with Crippen molar-refractivity contribution in [3.8, 4) is 0 Å². The van der Waals surface area contributed by atoms with Gasteiger partial charge in [0, 0.05) is 5.39 Å². The highest BCUT2D eigenvalue weighted by Crippen LogP contribution is 2.40. The maximum Gasteiger partial charge on any atom is 0.337 e. The molecule has 0 amide bonds. The Morgan fingerprint density at radius 2 is 1.12 bits per heavy atom. The average molecular weight is 373 g/mol. The molecule has 0 atom stereocenters. The second-order valence-electron chi connectivity index (χ2n) is 4.51. The number of carbonyl (C=O) groups is 4. The summed E-state index contributed by atoms with van der Waals surface area (Å²) in [6, 6.07) is 1.83. The minimum Gasteiger partial charge on any atom is -0.478 e. The summed E-state index contributed by atoms with van der Waals surface area (Å²) in [5.74, 6) is -6.65. The van der Waals surface area contributed by atoms with E-state index in [1.807, 2.05) is 0 Å². The smallest absolute Gasteiger partial charge is 0.337 e. The molecular formula is C14H6Cl2O8. The summed E-state index contributed by atoms with van der Waals surface area (Å²) in [6.07, 6.45) is 0. The number of carboxylic acids is 4. The van der Waals surface area contributed by atoms with Gasteiger partial charge in [0.25, 0.3) is 0 Å². The topological polar surface area (TPSA) is 149 Å². The van der Waals surface area contributed by atoms with Gasteiger partial charge in [-0.15, -0.1) is 0 Å². The molecule has 2 aromatic carbocycles. The number of hydrogen-bond donors (Lipinski definition) is 4. The molecule has 0 aromatic heterocycles. The molecular weight excluding hydrogens is 367 g/mol. The Morgan fingerprint density at radius 3 is 1.54 bits per heavy atom. The van der Waals surface area contributed by atoms with Crippen molar-refractivity contribution in [2.45, 2.75) is 0 Å². The normalized spacial score (nSPS) is 10.6. The molecule has 124 valence electrons. The summed E-state index contributed by atoms with van der Waals surface area (Å²) in [4.78, 5) is 45.7. The van der Waals surface area contributed by atoms with Crippen molar-refractivity contribution in [3.63, 3.8) is 0 Å². The van der Waals surface area contributed by atoms with Crippen molar-refractivity contribution < 1.29 is 39.6 Å². The van der Waals surface area contributed by atoms with Gasteiger partial charge in [-0.25, -0.2) is 19.2 Å². The Bertz CT molecular complexity index is 948. The Kier molecular flexibility index (Phi) is 4.37. The zero-order valence-electron chi connectivity index (χ0n) is 11.3. The maximum absolute atomic E-state index is 11.5. The van der Waals surface area contributed by atoms with Crippen LogP contribution in [0.4, 0.5) is 0 Å². The van der Waals surface area contributed by atoms with Crippen molar-refractivity contribution in [1.29, 1.82) is 0 Å². The van der Waals surface area contributed by atoms with E-state index < -0.39 is 61.6 Å². The molecule has 8 nitrogen and oxygen atoms in total. The van der Waals surface area contributed by atoms with E-state index in [1.165, 1.54) is 0 Å². The molecule has 2 rings (SSSR count). The SMILES string of the molecule is O=C(O)c1ccc2c(C(=O)O)c(Cl)c(Cl)c(C(=O)O)c2c1C(=O)O. The molecule has 0 unspecified atom stereocenters. The minimum absolute atomic E-state index is 0.350. The number of halogens is 2. The minimum atomic E-state index is -1.75. The van der Waals surface area contributed by atoms with E-state index in [1.54, 1.807) is 0 Å². The fraction of sp³-hybridized carbons (Fsp3) is 0. The van der Waals surface area contributed by atoms with Gasteiger partial charge >= 0.3 is 23.9 Å². The predicted molar refractivity (Wildman–Crippen MR) is 81.8 cm³/mol. The number of carboxylic acid groups (broad SMARTS) is 4. The third-order valence-corrected chi connectivity index (χ3v) is 4.08. The zero-order chi connectivity index (χ0) is 18.3. The van der Waals surface area contributed by atoms with Crippen molar-refractivity contribution in [3.05, 3.63) is 44.4 Å². The molecule has 0 saturated heterocycles. The predicted octanol–water partition coefficient (Wildman–Crippen LogP) is 2.94. The van der Waals surface area contributed by atoms with E-state index in [9.17, 15) is 34.5 Å². The zero-order valence-corrected chi connectivity index (χ0v) is 12.8. The molecule has 0 heterocycles. The molecule has 4 N–H and O–H groups in total. The number of benzene rings is 2. The lowest BCUT2D eigenvalue weighted by atomic mass is 9.91. The summed E-state index contributed by atoms with van der Waals surface area (Å²) in [7, 11) is 0. The van der Waals surface area contributed by atoms with Crippen LogP contribution in [-0.4, -0.2) is 44.3 Å².